The van der Waals surface area contributed by atoms with Gasteiger partial charge in [-0.15, -0.1) is 0 Å². The molecule has 1 aromatic carbocycles. The van der Waals surface area contributed by atoms with Crippen molar-refractivity contribution < 1.29 is 9.90 Å². The van der Waals surface area contributed by atoms with E-state index in [0.29, 0.717) is 29.5 Å². The summed E-state index contributed by atoms with van der Waals surface area (Å²) in [5.74, 6) is -0.119. The summed E-state index contributed by atoms with van der Waals surface area (Å²) < 4.78 is 0. The van der Waals surface area contributed by atoms with Gasteiger partial charge in [-0.3, -0.25) is 9.89 Å². The average Bonchev–Trinajstić information content (AvgIpc) is 3.19. The highest BCUT2D eigenvalue weighted by atomic mass is 35.5. The largest absolute Gasteiger partial charge is 0.387 e. The Morgan fingerprint density at radius 3 is 2.59 bits per heavy atom. The molecule has 0 bridgehead atoms. The van der Waals surface area contributed by atoms with Crippen LogP contribution in [0.2, 0.25) is 5.02 Å². The molecule has 0 radical (unpaired) electrons. The van der Waals surface area contributed by atoms with Gasteiger partial charge in [-0.25, -0.2) is 9.78 Å². The number of H-pyrrole nitrogens is 2. The normalized spacial score (nSPS) is 14.9. The van der Waals surface area contributed by atoms with E-state index in [2.05, 4.69) is 20.2 Å². The van der Waals surface area contributed by atoms with E-state index in [1.807, 2.05) is 12.1 Å². The number of nitrogens with one attached hydrogen (secondary N) is 2. The number of aliphatic hydroxyl groups is 1. The number of benzene rings is 1. The van der Waals surface area contributed by atoms with Crippen LogP contribution in [-0.2, 0) is 4.79 Å². The predicted octanol–water partition coefficient (Wildman–Crippen LogP) is 2.18. The molecule has 29 heavy (non-hydrogen) atoms. The van der Waals surface area contributed by atoms with Crippen LogP contribution in [0.15, 0.2) is 41.3 Å². The van der Waals surface area contributed by atoms with Crippen LogP contribution < -0.4 is 5.69 Å². The molecule has 9 heteroatoms. The third-order valence-corrected chi connectivity index (χ3v) is 5.50. The van der Waals surface area contributed by atoms with Crippen LogP contribution in [0, 0.1) is 0 Å². The zero-order chi connectivity index (χ0) is 20.4. The second-order valence-corrected chi connectivity index (χ2v) is 7.41. The molecule has 0 unspecified atom stereocenters. The Morgan fingerprint density at radius 2 is 1.93 bits per heavy atom. The van der Waals surface area contributed by atoms with Crippen LogP contribution in [0.3, 0.4) is 0 Å². The molecule has 1 amide bonds. The third-order valence-electron chi connectivity index (χ3n) is 5.25. The van der Waals surface area contributed by atoms with Gasteiger partial charge in [0.05, 0.1) is 5.69 Å². The fraction of sp³-hybridized carbons (Fsp3) is 0.300. The lowest BCUT2D eigenvalue weighted by molar-refractivity contribution is -0.135. The summed E-state index contributed by atoms with van der Waals surface area (Å²) in [5, 5.41) is 17.4. The molecule has 4 rings (SSSR count). The maximum Gasteiger partial charge on any atom is 0.345 e. The van der Waals surface area contributed by atoms with E-state index < -0.39 is 12.3 Å². The van der Waals surface area contributed by atoms with E-state index in [4.69, 9.17) is 16.7 Å². The summed E-state index contributed by atoms with van der Waals surface area (Å²) in [6.07, 6.45) is 2.94. The molecule has 3 heterocycles. The van der Waals surface area contributed by atoms with E-state index in [1.54, 1.807) is 23.1 Å². The minimum atomic E-state index is -0.473. The first-order valence-corrected chi connectivity index (χ1v) is 9.73. The van der Waals surface area contributed by atoms with Gasteiger partial charge in [0.25, 0.3) is 0 Å². The number of carbonyl (C=O) groups is 1. The Kier molecular flexibility index (Phi) is 5.46. The number of amides is 1. The fourth-order valence-corrected chi connectivity index (χ4v) is 3.90. The van der Waals surface area contributed by atoms with Crippen LogP contribution >= 0.6 is 11.6 Å². The summed E-state index contributed by atoms with van der Waals surface area (Å²) in [6.45, 7) is 0.649. The van der Waals surface area contributed by atoms with Crippen LogP contribution in [0.25, 0.3) is 22.5 Å². The molecule has 8 nitrogen and oxygen atoms in total. The summed E-state index contributed by atoms with van der Waals surface area (Å²) >= 11 is 6.02. The summed E-state index contributed by atoms with van der Waals surface area (Å²) in [5.41, 5.74) is 3.52. The average molecular weight is 414 g/mol. The van der Waals surface area contributed by atoms with Crippen molar-refractivity contribution in [2.24, 2.45) is 0 Å². The monoisotopic (exact) mass is 413 g/mol. The number of rotatable bonds is 4. The van der Waals surface area contributed by atoms with Crippen LogP contribution in [-0.4, -0.2) is 55.8 Å². The highest BCUT2D eigenvalue weighted by molar-refractivity contribution is 6.30. The number of aromatic amines is 2. The molecule has 0 spiro atoms. The third kappa shape index (κ3) is 3.94. The summed E-state index contributed by atoms with van der Waals surface area (Å²) in [6, 6.07) is 9.10. The highest BCUT2D eigenvalue weighted by Gasteiger charge is 2.28. The van der Waals surface area contributed by atoms with Crippen molar-refractivity contribution in [3.8, 4) is 22.5 Å². The van der Waals surface area contributed by atoms with Crippen molar-refractivity contribution in [1.29, 1.82) is 0 Å². The van der Waals surface area contributed by atoms with Crippen LogP contribution in [0.4, 0.5) is 0 Å². The number of piperidine rings is 1. The smallest absolute Gasteiger partial charge is 0.345 e. The maximum absolute atomic E-state index is 11.8. The van der Waals surface area contributed by atoms with Crippen molar-refractivity contribution in [3.63, 3.8) is 0 Å². The fourth-order valence-electron chi connectivity index (χ4n) is 3.77. The predicted molar refractivity (Wildman–Crippen MR) is 109 cm³/mol. The number of hydrogen-bond donors (Lipinski definition) is 3. The van der Waals surface area contributed by atoms with Gasteiger partial charge in [-0.1, -0.05) is 23.7 Å². The van der Waals surface area contributed by atoms with Gasteiger partial charge in [0, 0.05) is 47.0 Å². The number of hydrogen-bond acceptors (Lipinski definition) is 5. The molecule has 2 aromatic heterocycles. The lowest BCUT2D eigenvalue weighted by Crippen LogP contribution is -2.39. The second-order valence-electron chi connectivity index (χ2n) is 6.97. The van der Waals surface area contributed by atoms with Crippen molar-refractivity contribution in [2.45, 2.75) is 18.8 Å². The minimum absolute atomic E-state index is 0.137. The molecule has 150 valence electrons. The number of nitrogens with zero attached hydrogens (tertiary/aromatic N) is 3. The van der Waals surface area contributed by atoms with E-state index >= 15 is 0 Å². The van der Waals surface area contributed by atoms with Gasteiger partial charge in [-0.05, 0) is 31.0 Å². The van der Waals surface area contributed by atoms with Crippen molar-refractivity contribution in [1.82, 2.24) is 25.1 Å². The van der Waals surface area contributed by atoms with E-state index in [0.717, 1.165) is 29.7 Å². The number of aromatic nitrogens is 4. The van der Waals surface area contributed by atoms with E-state index in [1.165, 1.54) is 6.20 Å². The Bertz CT molecular complexity index is 1070. The van der Waals surface area contributed by atoms with Crippen molar-refractivity contribution in [3.05, 3.63) is 57.7 Å². The maximum atomic E-state index is 11.8. The van der Waals surface area contributed by atoms with E-state index in [-0.39, 0.29) is 11.8 Å². The molecule has 1 aliphatic heterocycles. The molecule has 1 saturated heterocycles. The Balaban J connectivity index is 1.74. The SMILES string of the molecule is O=C(CO)N1CCC(c2[nH]nc(-c3ccc(Cl)cc3)c2-c2ccnc(=O)[nH]2)CC1. The molecule has 0 aliphatic carbocycles. The first-order chi connectivity index (χ1) is 14.1. The first kappa shape index (κ1) is 19.4. The topological polar surface area (TPSA) is 115 Å². The first-order valence-electron chi connectivity index (χ1n) is 9.35. The van der Waals surface area contributed by atoms with E-state index in [9.17, 15) is 9.59 Å². The van der Waals surface area contributed by atoms with Crippen molar-refractivity contribution >= 4 is 17.5 Å². The zero-order valence-electron chi connectivity index (χ0n) is 15.6. The lowest BCUT2D eigenvalue weighted by Gasteiger charge is -2.31. The second kappa shape index (κ2) is 8.18. The van der Waals surface area contributed by atoms with Crippen LogP contribution in [0.5, 0.6) is 0 Å². The Morgan fingerprint density at radius 1 is 1.21 bits per heavy atom. The molecule has 1 fully saturated rings. The van der Waals surface area contributed by atoms with Crippen molar-refractivity contribution in [2.75, 3.05) is 19.7 Å². The molecule has 3 aromatic rings. The lowest BCUT2D eigenvalue weighted by atomic mass is 9.89. The Hall–Kier alpha value is -2.97. The molecular weight excluding hydrogens is 394 g/mol. The number of halogens is 1. The van der Waals surface area contributed by atoms with Gasteiger partial charge < -0.3 is 15.0 Å². The van der Waals surface area contributed by atoms with Gasteiger partial charge in [0.2, 0.25) is 5.91 Å². The zero-order valence-corrected chi connectivity index (χ0v) is 16.3. The number of carbonyl (C=O) groups excluding carboxylic acids is 1. The Labute approximate surface area is 171 Å². The number of aliphatic hydroxyl groups excluding tert-OH is 1. The highest BCUT2D eigenvalue weighted by Crippen LogP contribution is 2.39. The molecule has 1 aliphatic rings. The molecule has 0 atom stereocenters. The molecular formula is C20H20ClN5O3. The van der Waals surface area contributed by atoms with Gasteiger partial charge in [0.15, 0.2) is 0 Å². The standard InChI is InChI=1S/C20H20ClN5O3/c21-14-3-1-12(2-4-14)18-17(15-5-8-22-20(29)23-15)19(25-24-18)13-6-9-26(10-7-13)16(28)11-27/h1-5,8,13,27H,6-7,9-11H2,(H,24,25)(H,22,23,29). The van der Waals surface area contributed by atoms with Gasteiger partial charge in [0.1, 0.15) is 12.3 Å². The van der Waals surface area contributed by atoms with Crippen LogP contribution in [0.1, 0.15) is 24.5 Å². The van der Waals surface area contributed by atoms with Gasteiger partial charge in [-0.2, -0.15) is 5.10 Å². The number of likely N-dealkylation sites (tertiary alicyclic amines) is 1. The minimum Gasteiger partial charge on any atom is -0.387 e. The summed E-state index contributed by atoms with van der Waals surface area (Å²) in [7, 11) is 0. The molecule has 3 N–H and O–H groups in total. The summed E-state index contributed by atoms with van der Waals surface area (Å²) in [4.78, 5) is 31.8. The quantitative estimate of drug-likeness (QED) is 0.606. The molecule has 0 saturated carbocycles. The van der Waals surface area contributed by atoms with Gasteiger partial charge >= 0.3 is 5.69 Å².